The Morgan fingerprint density at radius 1 is 1.25 bits per heavy atom. The maximum atomic E-state index is 12.5. The summed E-state index contributed by atoms with van der Waals surface area (Å²) in [6.07, 6.45) is 3.39. The fourth-order valence-corrected chi connectivity index (χ4v) is 2.71. The van der Waals surface area contributed by atoms with Crippen LogP contribution in [0.4, 0.5) is 5.69 Å². The molecule has 0 spiro atoms. The van der Waals surface area contributed by atoms with Crippen LogP contribution in [-0.4, -0.2) is 30.9 Å². The van der Waals surface area contributed by atoms with Gasteiger partial charge in [-0.25, -0.2) is 9.67 Å². The smallest absolute Gasteiger partial charge is 0.276 e. The minimum absolute atomic E-state index is 0.228. The number of hydrogen-bond donors (Lipinski definition) is 2. The van der Waals surface area contributed by atoms with Crippen LogP contribution in [0.5, 0.6) is 0 Å². The molecular formula is C17H16N6O. The van der Waals surface area contributed by atoms with E-state index in [1.165, 1.54) is 0 Å². The van der Waals surface area contributed by atoms with E-state index in [4.69, 9.17) is 0 Å². The predicted molar refractivity (Wildman–Crippen MR) is 92.0 cm³/mol. The van der Waals surface area contributed by atoms with Gasteiger partial charge in [-0.1, -0.05) is 18.2 Å². The number of amides is 1. The molecule has 2 N–H and O–H groups in total. The van der Waals surface area contributed by atoms with E-state index in [0.29, 0.717) is 11.4 Å². The van der Waals surface area contributed by atoms with Crippen LogP contribution in [0.3, 0.4) is 0 Å². The Labute approximate surface area is 137 Å². The molecule has 0 aliphatic heterocycles. The number of fused-ring (bicyclic) bond motifs is 2. The van der Waals surface area contributed by atoms with Crippen molar-refractivity contribution in [3.05, 3.63) is 48.4 Å². The second-order valence-corrected chi connectivity index (χ2v) is 5.89. The number of aromatic amines is 1. The molecule has 0 atom stereocenters. The molecule has 24 heavy (non-hydrogen) atoms. The van der Waals surface area contributed by atoms with Crippen LogP contribution in [0, 0.1) is 0 Å². The molecule has 3 heterocycles. The van der Waals surface area contributed by atoms with Crippen molar-refractivity contribution in [1.29, 1.82) is 0 Å². The van der Waals surface area contributed by atoms with Gasteiger partial charge in [-0.3, -0.25) is 9.89 Å². The van der Waals surface area contributed by atoms with Crippen molar-refractivity contribution in [3.8, 4) is 0 Å². The highest BCUT2D eigenvalue weighted by Crippen LogP contribution is 2.21. The molecule has 0 fully saturated rings. The van der Waals surface area contributed by atoms with E-state index >= 15 is 0 Å². The lowest BCUT2D eigenvalue weighted by atomic mass is 10.2. The first-order chi connectivity index (χ1) is 11.6. The van der Waals surface area contributed by atoms with Gasteiger partial charge in [-0.15, -0.1) is 0 Å². The minimum atomic E-state index is -0.273. The molecule has 120 valence electrons. The Morgan fingerprint density at radius 3 is 2.92 bits per heavy atom. The molecule has 3 aromatic heterocycles. The molecule has 0 saturated carbocycles. The van der Waals surface area contributed by atoms with Crippen LogP contribution in [0.15, 0.2) is 42.7 Å². The van der Waals surface area contributed by atoms with Gasteiger partial charge in [0, 0.05) is 16.8 Å². The second-order valence-electron chi connectivity index (χ2n) is 5.89. The first-order valence-corrected chi connectivity index (χ1v) is 7.71. The van der Waals surface area contributed by atoms with E-state index in [0.717, 1.165) is 21.9 Å². The summed E-state index contributed by atoms with van der Waals surface area (Å²) in [4.78, 5) is 16.9. The van der Waals surface area contributed by atoms with Crippen molar-refractivity contribution in [3.63, 3.8) is 0 Å². The van der Waals surface area contributed by atoms with E-state index in [9.17, 15) is 4.79 Å². The van der Waals surface area contributed by atoms with Gasteiger partial charge in [0.05, 0.1) is 23.6 Å². The van der Waals surface area contributed by atoms with E-state index in [1.807, 2.05) is 48.9 Å². The standard InChI is InChI=1S/C17H16N6O/c1-10(2)23-16-11(8-19-23)7-12(9-18-16)20-17(24)15-13-5-3-4-6-14(13)21-22-15/h3-10H,1-2H3,(H,20,24)(H,21,22). The summed E-state index contributed by atoms with van der Waals surface area (Å²) in [5.74, 6) is -0.273. The third kappa shape index (κ3) is 2.30. The number of hydrogen-bond acceptors (Lipinski definition) is 4. The number of para-hydroxylation sites is 1. The summed E-state index contributed by atoms with van der Waals surface area (Å²) in [5, 5.41) is 15.8. The molecule has 0 bridgehead atoms. The second kappa shape index (κ2) is 5.45. The Bertz CT molecular complexity index is 1050. The minimum Gasteiger partial charge on any atom is -0.319 e. The largest absolute Gasteiger partial charge is 0.319 e. The number of carbonyl (C=O) groups excluding carboxylic acids is 1. The lowest BCUT2D eigenvalue weighted by Crippen LogP contribution is -2.13. The summed E-state index contributed by atoms with van der Waals surface area (Å²) in [6.45, 7) is 4.10. The first kappa shape index (κ1) is 14.4. The van der Waals surface area contributed by atoms with Crippen LogP contribution in [-0.2, 0) is 0 Å². The number of anilines is 1. The van der Waals surface area contributed by atoms with Crippen LogP contribution in [0.2, 0.25) is 0 Å². The Kier molecular flexibility index (Phi) is 3.26. The van der Waals surface area contributed by atoms with Gasteiger partial charge < -0.3 is 5.32 Å². The van der Waals surface area contributed by atoms with Gasteiger partial charge >= 0.3 is 0 Å². The number of pyridine rings is 1. The van der Waals surface area contributed by atoms with Gasteiger partial charge in [0.1, 0.15) is 0 Å². The fourth-order valence-electron chi connectivity index (χ4n) is 2.71. The van der Waals surface area contributed by atoms with Gasteiger partial charge in [0.2, 0.25) is 0 Å². The van der Waals surface area contributed by atoms with E-state index in [1.54, 1.807) is 12.4 Å². The van der Waals surface area contributed by atoms with Crippen molar-refractivity contribution < 1.29 is 4.79 Å². The normalized spacial score (nSPS) is 11.5. The lowest BCUT2D eigenvalue weighted by Gasteiger charge is -2.07. The molecule has 0 aliphatic carbocycles. The average molecular weight is 320 g/mol. The molecule has 4 aromatic rings. The monoisotopic (exact) mass is 320 g/mol. The summed E-state index contributed by atoms with van der Waals surface area (Å²) in [5.41, 5.74) is 2.61. The van der Waals surface area contributed by atoms with Crippen molar-refractivity contribution >= 4 is 33.5 Å². The highest BCUT2D eigenvalue weighted by molar-refractivity contribution is 6.11. The van der Waals surface area contributed by atoms with Crippen LogP contribution in [0.25, 0.3) is 21.9 Å². The van der Waals surface area contributed by atoms with Gasteiger partial charge in [-0.05, 0) is 26.0 Å². The Hall–Kier alpha value is -3.22. The number of H-pyrrole nitrogens is 1. The topological polar surface area (TPSA) is 88.5 Å². The summed E-state index contributed by atoms with van der Waals surface area (Å²) < 4.78 is 1.85. The molecule has 0 saturated heterocycles. The van der Waals surface area contributed by atoms with Gasteiger partial charge in [0.25, 0.3) is 5.91 Å². The molecule has 0 unspecified atom stereocenters. The molecule has 1 aromatic carbocycles. The molecule has 1 amide bonds. The van der Waals surface area contributed by atoms with Crippen LogP contribution < -0.4 is 5.32 Å². The summed E-state index contributed by atoms with van der Waals surface area (Å²) in [6, 6.07) is 9.61. The highest BCUT2D eigenvalue weighted by atomic mass is 16.1. The third-order valence-electron chi connectivity index (χ3n) is 3.87. The summed E-state index contributed by atoms with van der Waals surface area (Å²) >= 11 is 0. The lowest BCUT2D eigenvalue weighted by molar-refractivity contribution is 0.102. The third-order valence-corrected chi connectivity index (χ3v) is 3.87. The average Bonchev–Trinajstić information content (AvgIpc) is 3.18. The van der Waals surface area contributed by atoms with Crippen LogP contribution in [0.1, 0.15) is 30.4 Å². The SMILES string of the molecule is CC(C)n1ncc2cc(NC(=O)c3n[nH]c4ccccc34)cnc21. The number of carbonyl (C=O) groups is 1. The highest BCUT2D eigenvalue weighted by Gasteiger charge is 2.15. The predicted octanol–water partition coefficient (Wildman–Crippen LogP) is 3.14. The van der Waals surface area contributed by atoms with Crippen LogP contribution >= 0.6 is 0 Å². The zero-order valence-corrected chi connectivity index (χ0v) is 13.3. The van der Waals surface area contributed by atoms with Gasteiger partial charge in [0.15, 0.2) is 11.3 Å². The zero-order valence-electron chi connectivity index (χ0n) is 13.3. The number of aromatic nitrogens is 5. The quantitative estimate of drug-likeness (QED) is 0.607. The molecule has 7 heteroatoms. The van der Waals surface area contributed by atoms with E-state index in [2.05, 4.69) is 25.6 Å². The molecule has 0 aliphatic rings. The molecule has 4 rings (SSSR count). The maximum absolute atomic E-state index is 12.5. The Balaban J connectivity index is 1.65. The Morgan fingerprint density at radius 2 is 2.08 bits per heavy atom. The first-order valence-electron chi connectivity index (χ1n) is 7.71. The molecule has 0 radical (unpaired) electrons. The molecule has 7 nitrogen and oxygen atoms in total. The van der Waals surface area contributed by atoms with Crippen molar-refractivity contribution in [2.24, 2.45) is 0 Å². The maximum Gasteiger partial charge on any atom is 0.276 e. The van der Waals surface area contributed by atoms with Crippen molar-refractivity contribution in [2.75, 3.05) is 5.32 Å². The number of rotatable bonds is 3. The summed E-state index contributed by atoms with van der Waals surface area (Å²) in [7, 11) is 0. The number of nitrogens with zero attached hydrogens (tertiary/aromatic N) is 4. The number of nitrogens with one attached hydrogen (secondary N) is 2. The van der Waals surface area contributed by atoms with E-state index in [-0.39, 0.29) is 11.9 Å². The van der Waals surface area contributed by atoms with E-state index < -0.39 is 0 Å². The molecular weight excluding hydrogens is 304 g/mol. The number of benzene rings is 1. The van der Waals surface area contributed by atoms with Crippen molar-refractivity contribution in [1.82, 2.24) is 25.0 Å². The van der Waals surface area contributed by atoms with Gasteiger partial charge in [-0.2, -0.15) is 10.2 Å². The van der Waals surface area contributed by atoms with Crippen molar-refractivity contribution in [2.45, 2.75) is 19.9 Å². The zero-order chi connectivity index (χ0) is 16.7. The fraction of sp³-hybridized carbons (Fsp3) is 0.176.